The van der Waals surface area contributed by atoms with E-state index in [9.17, 15) is 4.79 Å². The summed E-state index contributed by atoms with van der Waals surface area (Å²) in [6, 6.07) is 5.46. The van der Waals surface area contributed by atoms with Crippen LogP contribution in [0.2, 0.25) is 0 Å². The van der Waals surface area contributed by atoms with Gasteiger partial charge in [-0.05, 0) is 6.42 Å². The number of nitrogens with one attached hydrogen (secondary N) is 1. The lowest BCUT2D eigenvalue weighted by Crippen LogP contribution is -2.56. The highest BCUT2D eigenvalue weighted by Crippen LogP contribution is 2.74. The summed E-state index contributed by atoms with van der Waals surface area (Å²) in [6.07, 6.45) is 1.14. The Morgan fingerprint density at radius 1 is 1.35 bits per heavy atom. The van der Waals surface area contributed by atoms with Gasteiger partial charge in [0.1, 0.15) is 0 Å². The molecule has 3 atom stereocenters. The van der Waals surface area contributed by atoms with Crippen LogP contribution in [0.4, 0.5) is 0 Å². The number of fused-ring (bicyclic) bond motifs is 1. The Morgan fingerprint density at radius 2 is 1.94 bits per heavy atom. The molecule has 0 aromatic heterocycles. The van der Waals surface area contributed by atoms with Crippen molar-refractivity contribution in [3.8, 4) is 18.2 Å². The zero-order valence-corrected chi connectivity index (χ0v) is 9.32. The van der Waals surface area contributed by atoms with Crippen molar-refractivity contribution >= 4 is 5.91 Å². The van der Waals surface area contributed by atoms with Gasteiger partial charge in [0.2, 0.25) is 5.91 Å². The first-order valence-electron chi connectivity index (χ1n) is 5.34. The molecular weight excluding hydrogens is 218 g/mol. The smallest absolute Gasteiger partial charge is 0.245 e. The minimum atomic E-state index is -1.59. The van der Waals surface area contributed by atoms with Gasteiger partial charge in [-0.25, -0.2) is 0 Å². The van der Waals surface area contributed by atoms with Crippen LogP contribution in [0.25, 0.3) is 0 Å². The average molecular weight is 229 g/mol. The van der Waals surface area contributed by atoms with Crippen molar-refractivity contribution in [1.82, 2.24) is 5.32 Å². The van der Waals surface area contributed by atoms with E-state index in [1.54, 1.807) is 0 Å². The summed E-state index contributed by atoms with van der Waals surface area (Å²) >= 11 is 0. The number of amides is 1. The number of piperidine rings is 1. The predicted octanol–water partition coefficient (Wildman–Crippen LogP) is -0.255. The maximum atomic E-state index is 11.9. The summed E-state index contributed by atoms with van der Waals surface area (Å²) in [5.74, 6) is -1.33. The molecule has 6 nitrogen and oxygen atoms in total. The first kappa shape index (κ1) is 11.4. The van der Waals surface area contributed by atoms with Gasteiger partial charge in [0.15, 0.2) is 10.8 Å². The second-order valence-corrected chi connectivity index (χ2v) is 4.63. The van der Waals surface area contributed by atoms with Crippen molar-refractivity contribution in [3.63, 3.8) is 0 Å². The third kappa shape index (κ3) is 0.895. The molecule has 17 heavy (non-hydrogen) atoms. The van der Waals surface area contributed by atoms with Crippen LogP contribution in [0.5, 0.6) is 0 Å². The maximum Gasteiger partial charge on any atom is 0.245 e. The van der Waals surface area contributed by atoms with Crippen molar-refractivity contribution in [2.75, 3.05) is 0 Å². The largest absolute Gasteiger partial charge is 0.336 e. The molecule has 1 aliphatic heterocycles. The fraction of sp³-hybridized carbons (Fsp3) is 0.636. The lowest BCUT2D eigenvalue weighted by atomic mass is 9.92. The Hall–Kier alpha value is -2.10. The molecule has 1 saturated heterocycles. The average Bonchev–Trinajstić information content (AvgIpc) is 2.86. The Balaban J connectivity index is 2.56. The molecule has 0 bridgehead atoms. The second-order valence-electron chi connectivity index (χ2n) is 4.63. The summed E-state index contributed by atoms with van der Waals surface area (Å²) in [6.45, 7) is 1.88. The number of nitrogens with zero attached hydrogens (tertiary/aromatic N) is 3. The normalized spacial score (nSPS) is 40.4. The minimum Gasteiger partial charge on any atom is -0.336 e. The summed E-state index contributed by atoms with van der Waals surface area (Å²) in [4.78, 5) is 11.9. The SMILES string of the molecule is CCC[C@@]1(N)NC(=O)[C@]2(C#N)[C@H]1C2(C#N)C#N. The number of carbonyl (C=O) groups excluding carboxylic acids is 1. The molecular formula is C11H11N5O. The highest BCUT2D eigenvalue weighted by atomic mass is 16.2. The first-order valence-corrected chi connectivity index (χ1v) is 5.34. The van der Waals surface area contributed by atoms with Gasteiger partial charge < -0.3 is 11.1 Å². The zero-order chi connectivity index (χ0) is 12.9. The second kappa shape index (κ2) is 2.97. The predicted molar refractivity (Wildman–Crippen MR) is 55.2 cm³/mol. The van der Waals surface area contributed by atoms with E-state index < -0.39 is 28.3 Å². The van der Waals surface area contributed by atoms with Crippen molar-refractivity contribution < 1.29 is 4.79 Å². The minimum absolute atomic E-state index is 0.442. The number of hydrogen-bond donors (Lipinski definition) is 2. The fourth-order valence-corrected chi connectivity index (χ4v) is 3.09. The Bertz CT molecular complexity index is 507. The molecule has 0 unspecified atom stereocenters. The van der Waals surface area contributed by atoms with Crippen molar-refractivity contribution in [3.05, 3.63) is 0 Å². The molecule has 1 saturated carbocycles. The third-order valence-corrected chi connectivity index (χ3v) is 3.82. The molecule has 1 amide bonds. The maximum absolute atomic E-state index is 11.9. The van der Waals surface area contributed by atoms with E-state index in [1.165, 1.54) is 0 Å². The Kier molecular flexibility index (Phi) is 1.99. The monoisotopic (exact) mass is 229 g/mol. The molecule has 0 aromatic rings. The number of nitrogens with two attached hydrogens (primary N) is 1. The van der Waals surface area contributed by atoms with Crippen LogP contribution in [0.3, 0.4) is 0 Å². The summed E-state index contributed by atoms with van der Waals surface area (Å²) in [7, 11) is 0. The van der Waals surface area contributed by atoms with Gasteiger partial charge in [-0.2, -0.15) is 15.8 Å². The van der Waals surface area contributed by atoms with E-state index in [-0.39, 0.29) is 0 Å². The van der Waals surface area contributed by atoms with Crippen LogP contribution in [0.1, 0.15) is 19.8 Å². The molecule has 1 heterocycles. The molecule has 0 spiro atoms. The zero-order valence-electron chi connectivity index (χ0n) is 9.32. The molecule has 2 aliphatic rings. The molecule has 2 fully saturated rings. The van der Waals surface area contributed by atoms with Crippen LogP contribution in [-0.4, -0.2) is 11.6 Å². The van der Waals surface area contributed by atoms with Crippen LogP contribution in [0, 0.1) is 50.7 Å². The molecule has 86 valence electrons. The van der Waals surface area contributed by atoms with Gasteiger partial charge in [-0.15, -0.1) is 0 Å². The van der Waals surface area contributed by atoms with Gasteiger partial charge in [-0.3, -0.25) is 4.79 Å². The van der Waals surface area contributed by atoms with Gasteiger partial charge in [0.05, 0.1) is 29.8 Å². The topological polar surface area (TPSA) is 126 Å². The third-order valence-electron chi connectivity index (χ3n) is 3.82. The number of carbonyl (C=O) groups is 1. The van der Waals surface area contributed by atoms with Crippen molar-refractivity contribution in [1.29, 1.82) is 15.8 Å². The summed E-state index contributed by atoms with van der Waals surface area (Å²) in [5, 5.41) is 30.0. The van der Waals surface area contributed by atoms with Crippen LogP contribution in [-0.2, 0) is 4.79 Å². The standard InChI is InChI=1S/C11H11N5O/c1-2-3-11(15)7-9(4-12,5-13)10(7,6-14)8(17)16-11/h7H,2-3,15H2,1H3,(H,16,17)/t7-,10+,11-/m1/s1. The lowest BCUT2D eigenvalue weighted by molar-refractivity contribution is -0.124. The number of hydrogen-bond acceptors (Lipinski definition) is 5. The molecule has 1 aliphatic carbocycles. The highest BCUT2D eigenvalue weighted by Gasteiger charge is 2.92. The fourth-order valence-electron chi connectivity index (χ4n) is 3.09. The van der Waals surface area contributed by atoms with Gasteiger partial charge in [-0.1, -0.05) is 13.3 Å². The van der Waals surface area contributed by atoms with Gasteiger partial charge in [0, 0.05) is 0 Å². The van der Waals surface area contributed by atoms with E-state index in [0.29, 0.717) is 12.8 Å². The quantitative estimate of drug-likeness (QED) is 0.674. The van der Waals surface area contributed by atoms with E-state index in [1.807, 2.05) is 25.1 Å². The van der Waals surface area contributed by atoms with Crippen LogP contribution >= 0.6 is 0 Å². The van der Waals surface area contributed by atoms with Crippen LogP contribution in [0.15, 0.2) is 0 Å². The Morgan fingerprint density at radius 3 is 2.29 bits per heavy atom. The molecule has 0 radical (unpaired) electrons. The molecule has 0 aromatic carbocycles. The molecule has 6 heteroatoms. The van der Waals surface area contributed by atoms with Crippen molar-refractivity contribution in [2.24, 2.45) is 22.5 Å². The van der Waals surface area contributed by atoms with E-state index in [0.717, 1.165) is 0 Å². The summed E-state index contributed by atoms with van der Waals surface area (Å²) < 4.78 is 0. The summed E-state index contributed by atoms with van der Waals surface area (Å²) in [5.41, 5.74) is 1.76. The van der Waals surface area contributed by atoms with Crippen molar-refractivity contribution in [2.45, 2.75) is 25.4 Å². The van der Waals surface area contributed by atoms with Gasteiger partial charge in [0.25, 0.3) is 0 Å². The van der Waals surface area contributed by atoms with E-state index in [4.69, 9.17) is 21.5 Å². The number of rotatable bonds is 2. The molecule has 3 N–H and O–H groups in total. The lowest BCUT2D eigenvalue weighted by Gasteiger charge is -2.27. The highest BCUT2D eigenvalue weighted by molar-refractivity contribution is 5.97. The molecule has 2 rings (SSSR count). The van der Waals surface area contributed by atoms with E-state index in [2.05, 4.69) is 5.32 Å². The Labute approximate surface area is 98.6 Å². The van der Waals surface area contributed by atoms with Gasteiger partial charge >= 0.3 is 0 Å². The number of nitriles is 3. The first-order chi connectivity index (χ1) is 7.99. The van der Waals surface area contributed by atoms with E-state index >= 15 is 0 Å². The van der Waals surface area contributed by atoms with Crippen LogP contribution < -0.4 is 11.1 Å².